The van der Waals surface area contributed by atoms with Crippen LogP contribution in [0.3, 0.4) is 0 Å². The Kier molecular flexibility index (Phi) is 7.18. The van der Waals surface area contributed by atoms with E-state index in [1.165, 1.54) is 23.5 Å². The molecule has 2 aromatic carbocycles. The van der Waals surface area contributed by atoms with Crippen molar-refractivity contribution in [1.29, 1.82) is 0 Å². The molecule has 198 valence electrons. The number of Topliss-reactive ketones (excluding diaryl/α,β-unsaturated/α-hetero) is 1. The molecule has 3 heterocycles. The maximum Gasteiger partial charge on any atom is 0.242 e. The number of ether oxygens (including phenoxy) is 1. The number of carbonyl (C=O) groups is 2. The van der Waals surface area contributed by atoms with Gasteiger partial charge in [-0.3, -0.25) is 9.59 Å². The quantitative estimate of drug-likeness (QED) is 0.252. The molecule has 6 rings (SSSR count). The number of pyridine rings is 1. The highest BCUT2D eigenvalue weighted by molar-refractivity contribution is 8.01. The second kappa shape index (κ2) is 10.8. The standard InChI is InChI=1S/C30H24ClFN2O3S2/c31-22-6-1-2-8-25(22)39-28-23(35)16-30(34-29(28)36,19-13-14-38-17-19)26-9-4-10-27(33-26)37-24-7-3-5-18-11-12-20(32)15-21(18)24/h1-2,4,6,8-15,17,24,28H,3,5,7,16H2,(H,34,36). The van der Waals surface area contributed by atoms with Crippen molar-refractivity contribution in [3.8, 4) is 5.88 Å². The van der Waals surface area contributed by atoms with E-state index >= 15 is 0 Å². The SMILES string of the molecule is O=C1CC(c2ccsc2)(c2cccc(OC3CCCc4ccc(F)cc43)n2)NC(=O)C1Sc1ccccc1Cl. The Morgan fingerprint density at radius 3 is 2.77 bits per heavy atom. The maximum atomic E-state index is 14.0. The number of aryl methyl sites for hydroxylation is 1. The molecule has 1 amide bonds. The summed E-state index contributed by atoms with van der Waals surface area (Å²) >= 11 is 8.94. The molecule has 1 aliphatic heterocycles. The van der Waals surface area contributed by atoms with Gasteiger partial charge in [0.25, 0.3) is 0 Å². The van der Waals surface area contributed by atoms with Crippen LogP contribution in [0.25, 0.3) is 0 Å². The molecule has 0 saturated carbocycles. The van der Waals surface area contributed by atoms with Gasteiger partial charge in [-0.2, -0.15) is 11.3 Å². The van der Waals surface area contributed by atoms with Crippen molar-refractivity contribution in [1.82, 2.24) is 10.3 Å². The van der Waals surface area contributed by atoms with Gasteiger partial charge in [0.05, 0.1) is 10.7 Å². The van der Waals surface area contributed by atoms with E-state index in [9.17, 15) is 14.0 Å². The lowest BCUT2D eigenvalue weighted by atomic mass is 9.79. The van der Waals surface area contributed by atoms with E-state index in [4.69, 9.17) is 21.3 Å². The number of nitrogens with one attached hydrogen (secondary N) is 1. The fourth-order valence-corrected chi connectivity index (χ4v) is 7.28. The molecule has 1 N–H and O–H groups in total. The van der Waals surface area contributed by atoms with Gasteiger partial charge in [0, 0.05) is 17.4 Å². The van der Waals surface area contributed by atoms with Crippen molar-refractivity contribution in [2.24, 2.45) is 0 Å². The molecule has 4 aromatic rings. The summed E-state index contributed by atoms with van der Waals surface area (Å²) in [5, 5.41) is 6.54. The topological polar surface area (TPSA) is 68.3 Å². The molecule has 0 spiro atoms. The van der Waals surface area contributed by atoms with E-state index in [0.29, 0.717) is 21.5 Å². The Bertz CT molecular complexity index is 1530. The normalized spacial score (nSPS) is 22.7. The predicted molar refractivity (Wildman–Crippen MR) is 151 cm³/mol. The molecule has 1 saturated heterocycles. The highest BCUT2D eigenvalue weighted by atomic mass is 35.5. The molecule has 5 nitrogen and oxygen atoms in total. The minimum atomic E-state index is -1.14. The summed E-state index contributed by atoms with van der Waals surface area (Å²) in [6, 6.07) is 19.2. The second-order valence-electron chi connectivity index (χ2n) is 9.68. The van der Waals surface area contributed by atoms with Crippen LogP contribution < -0.4 is 10.1 Å². The first-order valence-electron chi connectivity index (χ1n) is 12.6. The zero-order valence-electron chi connectivity index (χ0n) is 20.7. The Hall–Kier alpha value is -3.20. The smallest absolute Gasteiger partial charge is 0.242 e. The number of benzene rings is 2. The van der Waals surface area contributed by atoms with E-state index in [1.807, 2.05) is 35.0 Å². The minimum Gasteiger partial charge on any atom is -0.469 e. The second-order valence-corrected chi connectivity index (χ2v) is 12.0. The zero-order chi connectivity index (χ0) is 27.0. The van der Waals surface area contributed by atoms with Crippen LogP contribution >= 0.6 is 34.7 Å². The third kappa shape index (κ3) is 5.09. The lowest BCUT2D eigenvalue weighted by Crippen LogP contribution is -2.58. The molecular weight excluding hydrogens is 555 g/mol. The summed E-state index contributed by atoms with van der Waals surface area (Å²) < 4.78 is 20.3. The van der Waals surface area contributed by atoms with Gasteiger partial charge < -0.3 is 10.1 Å². The molecule has 2 aliphatic rings. The summed E-state index contributed by atoms with van der Waals surface area (Å²) in [5.41, 5.74) is 2.07. The number of thioether (sulfide) groups is 1. The van der Waals surface area contributed by atoms with Crippen LogP contribution in [0.2, 0.25) is 5.02 Å². The van der Waals surface area contributed by atoms with E-state index < -0.39 is 16.7 Å². The van der Waals surface area contributed by atoms with Gasteiger partial charge >= 0.3 is 0 Å². The van der Waals surface area contributed by atoms with E-state index in [1.54, 1.807) is 30.3 Å². The van der Waals surface area contributed by atoms with Crippen LogP contribution in [0.15, 0.2) is 82.4 Å². The largest absolute Gasteiger partial charge is 0.469 e. The number of ketones is 1. The highest BCUT2D eigenvalue weighted by Gasteiger charge is 2.48. The number of rotatable bonds is 6. The number of amides is 1. The van der Waals surface area contributed by atoms with Gasteiger partial charge in [0.15, 0.2) is 5.78 Å². The first-order chi connectivity index (χ1) is 18.9. The van der Waals surface area contributed by atoms with Crippen molar-refractivity contribution < 1.29 is 18.7 Å². The van der Waals surface area contributed by atoms with Crippen molar-refractivity contribution >= 4 is 46.4 Å². The lowest BCUT2D eigenvalue weighted by Gasteiger charge is -2.39. The first-order valence-corrected chi connectivity index (χ1v) is 14.8. The van der Waals surface area contributed by atoms with Crippen LogP contribution in [0.4, 0.5) is 4.39 Å². The Balaban J connectivity index is 1.32. The van der Waals surface area contributed by atoms with Crippen molar-refractivity contribution in [2.75, 3.05) is 0 Å². The van der Waals surface area contributed by atoms with Crippen LogP contribution in [0, 0.1) is 5.82 Å². The number of halogens is 2. The summed E-state index contributed by atoms with van der Waals surface area (Å²) in [6.45, 7) is 0. The fraction of sp³-hybridized carbons (Fsp3) is 0.233. The summed E-state index contributed by atoms with van der Waals surface area (Å²) in [7, 11) is 0. The highest BCUT2D eigenvalue weighted by Crippen LogP contribution is 2.42. The van der Waals surface area contributed by atoms with Crippen LogP contribution in [0.5, 0.6) is 5.88 Å². The molecule has 9 heteroatoms. The molecular formula is C30H24ClFN2O3S2. The van der Waals surface area contributed by atoms with Crippen LogP contribution in [-0.2, 0) is 21.5 Å². The molecule has 3 unspecified atom stereocenters. The molecule has 0 bridgehead atoms. The minimum absolute atomic E-state index is 0.0333. The number of hydrogen-bond acceptors (Lipinski definition) is 6. The summed E-state index contributed by atoms with van der Waals surface area (Å²) in [6.07, 6.45) is 2.26. The van der Waals surface area contributed by atoms with Crippen molar-refractivity contribution in [3.05, 3.63) is 111 Å². The zero-order valence-corrected chi connectivity index (χ0v) is 23.1. The average Bonchev–Trinajstić information content (AvgIpc) is 3.48. The molecule has 1 aliphatic carbocycles. The fourth-order valence-electron chi connectivity index (χ4n) is 5.30. The molecule has 1 fully saturated rings. The number of piperidine rings is 1. The third-order valence-electron chi connectivity index (χ3n) is 7.19. The van der Waals surface area contributed by atoms with Gasteiger partial charge in [0.2, 0.25) is 11.8 Å². The third-order valence-corrected chi connectivity index (χ3v) is 9.64. The van der Waals surface area contributed by atoms with Gasteiger partial charge in [-0.05, 0) is 83.1 Å². The Morgan fingerprint density at radius 1 is 1.10 bits per heavy atom. The van der Waals surface area contributed by atoms with Gasteiger partial charge in [0.1, 0.15) is 22.7 Å². The molecule has 2 aromatic heterocycles. The van der Waals surface area contributed by atoms with Crippen molar-refractivity contribution in [2.45, 2.75) is 47.5 Å². The molecule has 0 radical (unpaired) electrons. The van der Waals surface area contributed by atoms with E-state index in [2.05, 4.69) is 5.32 Å². The van der Waals surface area contributed by atoms with Gasteiger partial charge in [-0.25, -0.2) is 9.37 Å². The average molecular weight is 579 g/mol. The van der Waals surface area contributed by atoms with Crippen LogP contribution in [-0.4, -0.2) is 21.9 Å². The number of carbonyl (C=O) groups excluding carboxylic acids is 2. The number of aromatic nitrogens is 1. The Labute approximate surface area is 238 Å². The summed E-state index contributed by atoms with van der Waals surface area (Å²) in [4.78, 5) is 32.5. The van der Waals surface area contributed by atoms with Gasteiger partial charge in [-0.15, -0.1) is 11.8 Å². The van der Waals surface area contributed by atoms with Crippen LogP contribution in [0.1, 0.15) is 47.8 Å². The first kappa shape index (κ1) is 26.0. The van der Waals surface area contributed by atoms with E-state index in [-0.39, 0.29) is 24.1 Å². The van der Waals surface area contributed by atoms with Gasteiger partial charge in [-0.1, -0.05) is 35.9 Å². The monoisotopic (exact) mass is 578 g/mol. The number of nitrogens with zero attached hydrogens (tertiary/aromatic N) is 1. The number of hydrogen-bond donors (Lipinski definition) is 1. The molecule has 3 atom stereocenters. The molecule has 39 heavy (non-hydrogen) atoms. The maximum absolute atomic E-state index is 14.0. The lowest BCUT2D eigenvalue weighted by molar-refractivity contribution is -0.133. The summed E-state index contributed by atoms with van der Waals surface area (Å²) in [5.74, 6) is -0.541. The number of fused-ring (bicyclic) bond motifs is 1. The van der Waals surface area contributed by atoms with E-state index in [0.717, 1.165) is 47.7 Å². The Morgan fingerprint density at radius 2 is 1.97 bits per heavy atom. The van der Waals surface area contributed by atoms with Crippen molar-refractivity contribution in [3.63, 3.8) is 0 Å². The predicted octanol–water partition coefficient (Wildman–Crippen LogP) is 6.89. The number of thiophene rings is 1.